The molecule has 4 heterocycles. The van der Waals surface area contributed by atoms with E-state index in [9.17, 15) is 9.18 Å². The van der Waals surface area contributed by atoms with E-state index >= 15 is 0 Å². The maximum absolute atomic E-state index is 13.9. The summed E-state index contributed by atoms with van der Waals surface area (Å²) in [5.41, 5.74) is 7.08. The molecule has 0 saturated heterocycles. The number of carbonyl (C=O) groups excluding carboxylic acids is 1. The number of aromatic amines is 2. The number of hydrogen-bond acceptors (Lipinski definition) is 5. The first kappa shape index (κ1) is 22.5. The molecule has 0 saturated carbocycles. The van der Waals surface area contributed by atoms with Crippen molar-refractivity contribution in [2.45, 2.75) is 13.8 Å². The molecule has 4 aromatic heterocycles. The molecule has 182 valence electrons. The number of aromatic nitrogens is 6. The number of pyridine rings is 2. The molecule has 3 N–H and O–H groups in total. The second-order valence-electron chi connectivity index (χ2n) is 9.07. The smallest absolute Gasteiger partial charge is 0.226 e. The van der Waals surface area contributed by atoms with Gasteiger partial charge in [-0.15, -0.1) is 0 Å². The van der Waals surface area contributed by atoms with Crippen LogP contribution < -0.4 is 5.32 Å². The van der Waals surface area contributed by atoms with E-state index in [-0.39, 0.29) is 17.6 Å². The van der Waals surface area contributed by atoms with E-state index in [2.05, 4.69) is 25.5 Å². The van der Waals surface area contributed by atoms with Crippen LogP contribution in [0.15, 0.2) is 73.1 Å². The molecule has 1 amide bonds. The number of halogens is 1. The molecule has 0 atom stereocenters. The van der Waals surface area contributed by atoms with Gasteiger partial charge in [-0.1, -0.05) is 38.1 Å². The first-order valence-electron chi connectivity index (χ1n) is 11.8. The van der Waals surface area contributed by atoms with Crippen molar-refractivity contribution in [3.8, 4) is 33.9 Å². The summed E-state index contributed by atoms with van der Waals surface area (Å²) in [7, 11) is 0. The summed E-state index contributed by atoms with van der Waals surface area (Å²) in [6.45, 7) is 3.67. The van der Waals surface area contributed by atoms with Gasteiger partial charge in [-0.05, 0) is 42.0 Å². The quantitative estimate of drug-likeness (QED) is 0.275. The van der Waals surface area contributed by atoms with Gasteiger partial charge < -0.3 is 10.3 Å². The molecular formula is C28H22FN7O. The van der Waals surface area contributed by atoms with Crippen molar-refractivity contribution in [1.29, 1.82) is 0 Å². The van der Waals surface area contributed by atoms with Gasteiger partial charge in [0.25, 0.3) is 0 Å². The molecule has 0 aliphatic carbocycles. The van der Waals surface area contributed by atoms with Crippen LogP contribution in [0.1, 0.15) is 13.8 Å². The number of nitrogens with zero attached hydrogens (tertiary/aromatic N) is 4. The first-order valence-corrected chi connectivity index (χ1v) is 11.8. The Hall–Kier alpha value is -4.92. The van der Waals surface area contributed by atoms with Crippen LogP contribution in [0.3, 0.4) is 0 Å². The highest BCUT2D eigenvalue weighted by molar-refractivity contribution is 5.96. The van der Waals surface area contributed by atoms with Gasteiger partial charge in [-0.3, -0.25) is 14.9 Å². The minimum atomic E-state index is -0.303. The van der Waals surface area contributed by atoms with Gasteiger partial charge in [0.05, 0.1) is 34.1 Å². The van der Waals surface area contributed by atoms with Crippen LogP contribution in [-0.2, 0) is 4.79 Å². The maximum Gasteiger partial charge on any atom is 0.226 e. The zero-order valence-corrected chi connectivity index (χ0v) is 20.1. The number of fused-ring (bicyclic) bond motifs is 2. The van der Waals surface area contributed by atoms with Gasteiger partial charge in [0.15, 0.2) is 11.5 Å². The highest BCUT2D eigenvalue weighted by Gasteiger charge is 2.17. The Labute approximate surface area is 211 Å². The Kier molecular flexibility index (Phi) is 5.45. The summed E-state index contributed by atoms with van der Waals surface area (Å²) in [6.07, 6.45) is 3.31. The van der Waals surface area contributed by atoms with E-state index in [4.69, 9.17) is 9.97 Å². The number of rotatable bonds is 5. The summed E-state index contributed by atoms with van der Waals surface area (Å²) in [6, 6.07) is 17.8. The fraction of sp³-hybridized carbons (Fsp3) is 0.107. The lowest BCUT2D eigenvalue weighted by molar-refractivity contribution is -0.118. The molecule has 0 aliphatic heterocycles. The number of carbonyl (C=O) groups is 1. The van der Waals surface area contributed by atoms with Crippen molar-refractivity contribution < 1.29 is 9.18 Å². The number of para-hydroxylation sites is 1. The van der Waals surface area contributed by atoms with E-state index in [1.165, 1.54) is 12.1 Å². The van der Waals surface area contributed by atoms with E-state index in [0.29, 0.717) is 33.9 Å². The van der Waals surface area contributed by atoms with Crippen molar-refractivity contribution in [2.75, 3.05) is 5.32 Å². The number of nitrogens with one attached hydrogen (secondary N) is 3. The lowest BCUT2D eigenvalue weighted by Gasteiger charge is -2.08. The van der Waals surface area contributed by atoms with Gasteiger partial charge in [0.1, 0.15) is 11.3 Å². The van der Waals surface area contributed by atoms with Gasteiger partial charge in [-0.25, -0.2) is 14.4 Å². The second kappa shape index (κ2) is 8.94. The third kappa shape index (κ3) is 4.20. The second-order valence-corrected chi connectivity index (χ2v) is 9.07. The highest BCUT2D eigenvalue weighted by atomic mass is 19.1. The predicted octanol–water partition coefficient (Wildman–Crippen LogP) is 5.96. The van der Waals surface area contributed by atoms with Gasteiger partial charge in [0, 0.05) is 23.2 Å². The summed E-state index contributed by atoms with van der Waals surface area (Å²) in [5.74, 6) is 0.0206. The average molecular weight is 492 g/mol. The molecule has 9 heteroatoms. The molecule has 8 nitrogen and oxygen atoms in total. The van der Waals surface area contributed by atoms with E-state index in [1.807, 2.05) is 56.3 Å². The third-order valence-corrected chi connectivity index (χ3v) is 6.11. The van der Waals surface area contributed by atoms with Crippen LogP contribution >= 0.6 is 0 Å². The number of hydrogen-bond donors (Lipinski definition) is 3. The Morgan fingerprint density at radius 2 is 1.78 bits per heavy atom. The number of imidazole rings is 1. The van der Waals surface area contributed by atoms with E-state index in [0.717, 1.165) is 27.7 Å². The molecule has 6 aromatic rings. The van der Waals surface area contributed by atoms with E-state index in [1.54, 1.807) is 18.5 Å². The zero-order valence-electron chi connectivity index (χ0n) is 20.1. The molecule has 6 rings (SSSR count). The van der Waals surface area contributed by atoms with E-state index < -0.39 is 0 Å². The minimum Gasteiger partial charge on any atom is -0.336 e. The molecule has 0 spiro atoms. The van der Waals surface area contributed by atoms with Crippen molar-refractivity contribution in [1.82, 2.24) is 30.1 Å². The van der Waals surface area contributed by atoms with Crippen LogP contribution in [-0.4, -0.2) is 36.0 Å². The lowest BCUT2D eigenvalue weighted by atomic mass is 10.0. The molecule has 37 heavy (non-hydrogen) atoms. The third-order valence-electron chi connectivity index (χ3n) is 6.11. The number of amides is 1. The van der Waals surface area contributed by atoms with Crippen LogP contribution in [0.2, 0.25) is 0 Å². The lowest BCUT2D eigenvalue weighted by Crippen LogP contribution is -2.17. The Morgan fingerprint density at radius 3 is 2.62 bits per heavy atom. The number of anilines is 1. The summed E-state index contributed by atoms with van der Waals surface area (Å²) < 4.78 is 13.9. The van der Waals surface area contributed by atoms with Crippen molar-refractivity contribution in [3.05, 3.63) is 78.9 Å². The molecule has 0 fully saturated rings. The monoisotopic (exact) mass is 491 g/mol. The minimum absolute atomic E-state index is 0.0815. The van der Waals surface area contributed by atoms with Crippen LogP contribution in [0, 0.1) is 11.7 Å². The Morgan fingerprint density at radius 1 is 0.919 bits per heavy atom. The molecule has 0 aliphatic rings. The molecule has 0 bridgehead atoms. The molecule has 2 aromatic carbocycles. The van der Waals surface area contributed by atoms with Crippen LogP contribution in [0.5, 0.6) is 0 Å². The maximum atomic E-state index is 13.9. The Bertz CT molecular complexity index is 1790. The fourth-order valence-corrected chi connectivity index (χ4v) is 4.19. The Balaban J connectivity index is 1.41. The highest BCUT2D eigenvalue weighted by Crippen LogP contribution is 2.32. The summed E-state index contributed by atoms with van der Waals surface area (Å²) in [4.78, 5) is 29.4. The van der Waals surface area contributed by atoms with Gasteiger partial charge in [-0.2, -0.15) is 5.10 Å². The van der Waals surface area contributed by atoms with Crippen LogP contribution in [0.4, 0.5) is 10.1 Å². The van der Waals surface area contributed by atoms with Crippen molar-refractivity contribution in [3.63, 3.8) is 0 Å². The predicted molar refractivity (Wildman–Crippen MR) is 141 cm³/mol. The fourth-order valence-electron chi connectivity index (χ4n) is 4.19. The van der Waals surface area contributed by atoms with Crippen molar-refractivity contribution in [2.24, 2.45) is 5.92 Å². The number of H-pyrrole nitrogens is 2. The number of benzene rings is 2. The summed E-state index contributed by atoms with van der Waals surface area (Å²) >= 11 is 0. The molecule has 0 unspecified atom stereocenters. The SMILES string of the molecule is CC(C)C(=O)Nc1cncc(-c2ccc3[nH]nc(-c4nc5c(-c6cccc(F)c6)cccc5[nH]4)c3n2)c1. The average Bonchev–Trinajstić information content (AvgIpc) is 3.52. The largest absolute Gasteiger partial charge is 0.336 e. The van der Waals surface area contributed by atoms with Gasteiger partial charge in [0.2, 0.25) is 5.91 Å². The van der Waals surface area contributed by atoms with Crippen LogP contribution in [0.25, 0.3) is 56.0 Å². The summed E-state index contributed by atoms with van der Waals surface area (Å²) in [5, 5.41) is 10.4. The van der Waals surface area contributed by atoms with Crippen molar-refractivity contribution >= 4 is 33.7 Å². The standard InChI is InChI=1S/C28H22FN7O/c1-15(2)28(37)31-19-12-17(13-30-14-19)21-9-10-23-25(32-21)26(36-35-23)27-33-22-8-4-7-20(24(22)34-27)16-5-3-6-18(29)11-16/h3-15H,1-2H3,(H,31,37)(H,33,34)(H,35,36). The first-order chi connectivity index (χ1) is 18.0. The molecule has 0 radical (unpaired) electrons. The normalized spacial score (nSPS) is 11.5. The molecular weight excluding hydrogens is 469 g/mol. The zero-order chi connectivity index (χ0) is 25.5. The topological polar surface area (TPSA) is 112 Å². The van der Waals surface area contributed by atoms with Gasteiger partial charge >= 0.3 is 0 Å².